The first-order valence-electron chi connectivity index (χ1n) is 5.16. The SMILES string of the molecule is C#CCOCCOP(=O)(OC)OCCOCC#C. The van der Waals surface area contributed by atoms with Crippen LogP contribution in [0.4, 0.5) is 0 Å². The molecule has 0 aromatic rings. The van der Waals surface area contributed by atoms with E-state index in [-0.39, 0.29) is 39.6 Å². The highest BCUT2D eigenvalue weighted by molar-refractivity contribution is 7.48. The minimum Gasteiger partial charge on any atom is -0.366 e. The Kier molecular flexibility index (Phi) is 10.7. The van der Waals surface area contributed by atoms with E-state index in [9.17, 15) is 4.57 Å². The first kappa shape index (κ1) is 17.2. The normalized spacial score (nSPS) is 10.8. The maximum atomic E-state index is 11.8. The van der Waals surface area contributed by atoms with Crippen molar-refractivity contribution in [2.75, 3.05) is 46.8 Å². The summed E-state index contributed by atoms with van der Waals surface area (Å²) in [6, 6.07) is 0. The van der Waals surface area contributed by atoms with Crippen molar-refractivity contribution in [3.63, 3.8) is 0 Å². The molecular formula is C11H17O6P. The molecule has 0 atom stereocenters. The Balaban J connectivity index is 3.72. The Hall–Kier alpha value is -0.850. The van der Waals surface area contributed by atoms with Crippen LogP contribution in [-0.4, -0.2) is 46.8 Å². The largest absolute Gasteiger partial charge is 0.474 e. The van der Waals surface area contributed by atoms with Crippen molar-refractivity contribution < 1.29 is 27.6 Å². The second-order valence-corrected chi connectivity index (χ2v) is 4.59. The molecule has 0 aliphatic rings. The third kappa shape index (κ3) is 9.21. The van der Waals surface area contributed by atoms with Gasteiger partial charge in [-0.2, -0.15) is 0 Å². The average Bonchev–Trinajstić information content (AvgIpc) is 2.38. The summed E-state index contributed by atoms with van der Waals surface area (Å²) in [5.41, 5.74) is 0. The van der Waals surface area contributed by atoms with Crippen molar-refractivity contribution in [3.8, 4) is 24.7 Å². The monoisotopic (exact) mass is 276 g/mol. The highest BCUT2D eigenvalue weighted by Crippen LogP contribution is 2.48. The third-order valence-corrected chi connectivity index (χ3v) is 2.99. The molecule has 0 amide bonds. The zero-order valence-electron chi connectivity index (χ0n) is 10.3. The molecule has 0 aliphatic heterocycles. The molecule has 0 radical (unpaired) electrons. The van der Waals surface area contributed by atoms with Gasteiger partial charge in [-0.15, -0.1) is 12.8 Å². The van der Waals surface area contributed by atoms with Gasteiger partial charge in [0.1, 0.15) is 13.2 Å². The van der Waals surface area contributed by atoms with E-state index in [4.69, 9.17) is 31.4 Å². The highest BCUT2D eigenvalue weighted by Gasteiger charge is 2.24. The average molecular weight is 276 g/mol. The van der Waals surface area contributed by atoms with Crippen LogP contribution < -0.4 is 0 Å². The zero-order chi connectivity index (χ0) is 13.7. The van der Waals surface area contributed by atoms with Crippen molar-refractivity contribution in [1.82, 2.24) is 0 Å². The molecule has 0 fully saturated rings. The van der Waals surface area contributed by atoms with E-state index in [0.717, 1.165) is 0 Å². The predicted molar refractivity (Wildman–Crippen MR) is 65.8 cm³/mol. The molecule has 0 bridgehead atoms. The number of phosphoric acid groups is 1. The van der Waals surface area contributed by atoms with Crippen LogP contribution in [0.25, 0.3) is 0 Å². The van der Waals surface area contributed by atoms with Crippen molar-refractivity contribution >= 4 is 7.82 Å². The summed E-state index contributed by atoms with van der Waals surface area (Å²) in [6.45, 7) is 0.849. The molecule has 7 heteroatoms. The Labute approximate surface area is 108 Å². The molecule has 0 unspecified atom stereocenters. The smallest absolute Gasteiger partial charge is 0.366 e. The summed E-state index contributed by atoms with van der Waals surface area (Å²) in [4.78, 5) is 0. The minimum atomic E-state index is -3.56. The first-order valence-corrected chi connectivity index (χ1v) is 6.62. The Morgan fingerprint density at radius 2 is 1.39 bits per heavy atom. The molecule has 0 spiro atoms. The third-order valence-electron chi connectivity index (χ3n) is 1.55. The van der Waals surface area contributed by atoms with Gasteiger partial charge in [0, 0.05) is 7.11 Å². The van der Waals surface area contributed by atoms with Crippen LogP contribution in [0, 0.1) is 24.7 Å². The van der Waals surface area contributed by atoms with Crippen LogP contribution in [0.3, 0.4) is 0 Å². The summed E-state index contributed by atoms with van der Waals surface area (Å²) in [6.07, 6.45) is 9.96. The minimum absolute atomic E-state index is 0.0536. The van der Waals surface area contributed by atoms with Crippen LogP contribution in [-0.2, 0) is 27.6 Å². The molecule has 0 aromatic carbocycles. The number of phosphoric ester groups is 1. The number of hydrogen-bond donors (Lipinski definition) is 0. The van der Waals surface area contributed by atoms with Gasteiger partial charge in [0.05, 0.1) is 26.4 Å². The quantitative estimate of drug-likeness (QED) is 0.319. The van der Waals surface area contributed by atoms with Crippen LogP contribution in [0.15, 0.2) is 0 Å². The Morgan fingerprint density at radius 3 is 1.72 bits per heavy atom. The predicted octanol–water partition coefficient (Wildman–Crippen LogP) is 1.07. The van der Waals surface area contributed by atoms with Crippen LogP contribution in [0.2, 0.25) is 0 Å². The summed E-state index contributed by atoms with van der Waals surface area (Å²) >= 11 is 0. The van der Waals surface area contributed by atoms with Gasteiger partial charge in [-0.25, -0.2) is 4.57 Å². The van der Waals surface area contributed by atoms with Gasteiger partial charge in [0.25, 0.3) is 0 Å². The summed E-state index contributed by atoms with van der Waals surface area (Å²) in [7, 11) is -2.33. The van der Waals surface area contributed by atoms with Gasteiger partial charge in [0.2, 0.25) is 0 Å². The maximum absolute atomic E-state index is 11.8. The topological polar surface area (TPSA) is 63.2 Å². The van der Waals surface area contributed by atoms with E-state index < -0.39 is 7.82 Å². The van der Waals surface area contributed by atoms with Crippen LogP contribution >= 0.6 is 7.82 Å². The molecule has 0 N–H and O–H groups in total. The molecule has 0 saturated carbocycles. The Morgan fingerprint density at radius 1 is 0.944 bits per heavy atom. The molecule has 102 valence electrons. The van der Waals surface area contributed by atoms with Gasteiger partial charge in [-0.05, 0) is 0 Å². The number of ether oxygens (including phenoxy) is 2. The van der Waals surface area contributed by atoms with E-state index in [1.54, 1.807) is 0 Å². The number of rotatable bonds is 11. The lowest BCUT2D eigenvalue weighted by Gasteiger charge is -2.15. The number of terminal acetylenes is 2. The van der Waals surface area contributed by atoms with Crippen LogP contribution in [0.5, 0.6) is 0 Å². The van der Waals surface area contributed by atoms with Gasteiger partial charge >= 0.3 is 7.82 Å². The fraction of sp³-hybridized carbons (Fsp3) is 0.636. The molecule has 6 nitrogen and oxygen atoms in total. The van der Waals surface area contributed by atoms with E-state index >= 15 is 0 Å². The van der Waals surface area contributed by atoms with E-state index in [1.807, 2.05) is 0 Å². The van der Waals surface area contributed by atoms with Gasteiger partial charge in [0.15, 0.2) is 0 Å². The molecule has 0 aromatic heterocycles. The second-order valence-electron chi connectivity index (χ2n) is 2.81. The summed E-state index contributed by atoms with van der Waals surface area (Å²) < 4.78 is 36.2. The fourth-order valence-corrected chi connectivity index (χ4v) is 1.70. The van der Waals surface area contributed by atoms with E-state index in [0.29, 0.717) is 0 Å². The maximum Gasteiger partial charge on any atom is 0.474 e. The molecule has 0 saturated heterocycles. The molecule has 18 heavy (non-hydrogen) atoms. The molecule has 0 heterocycles. The zero-order valence-corrected chi connectivity index (χ0v) is 11.2. The molecule has 0 aliphatic carbocycles. The van der Waals surface area contributed by atoms with Crippen molar-refractivity contribution in [2.24, 2.45) is 0 Å². The van der Waals surface area contributed by atoms with Gasteiger partial charge < -0.3 is 9.47 Å². The molecular weight excluding hydrogens is 259 g/mol. The lowest BCUT2D eigenvalue weighted by molar-refractivity contribution is 0.0649. The lowest BCUT2D eigenvalue weighted by Crippen LogP contribution is -2.08. The van der Waals surface area contributed by atoms with Gasteiger partial charge in [-0.1, -0.05) is 11.8 Å². The lowest BCUT2D eigenvalue weighted by atomic mass is 10.7. The summed E-state index contributed by atoms with van der Waals surface area (Å²) in [5, 5.41) is 0. The standard InChI is InChI=1S/C11H17O6P/c1-4-6-14-8-10-16-18(12,13-3)17-11-9-15-7-5-2/h1-2H,6-11H2,3H3. The number of hydrogen-bond acceptors (Lipinski definition) is 6. The van der Waals surface area contributed by atoms with Crippen molar-refractivity contribution in [1.29, 1.82) is 0 Å². The first-order chi connectivity index (χ1) is 8.68. The van der Waals surface area contributed by atoms with Crippen molar-refractivity contribution in [3.05, 3.63) is 0 Å². The molecule has 0 rings (SSSR count). The van der Waals surface area contributed by atoms with Crippen molar-refractivity contribution in [2.45, 2.75) is 0 Å². The van der Waals surface area contributed by atoms with E-state index in [1.165, 1.54) is 7.11 Å². The Bertz CT molecular complexity index is 301. The van der Waals surface area contributed by atoms with Gasteiger partial charge in [-0.3, -0.25) is 13.6 Å². The van der Waals surface area contributed by atoms with Crippen LogP contribution in [0.1, 0.15) is 0 Å². The second kappa shape index (κ2) is 11.3. The van der Waals surface area contributed by atoms with E-state index in [2.05, 4.69) is 16.4 Å². The fourth-order valence-electron chi connectivity index (χ4n) is 0.821. The summed E-state index contributed by atoms with van der Waals surface area (Å²) in [5.74, 6) is 4.58. The highest BCUT2D eigenvalue weighted by atomic mass is 31.2.